The zero-order valence-electron chi connectivity index (χ0n) is 15.9. The number of benzene rings is 3. The predicted octanol–water partition coefficient (Wildman–Crippen LogP) is 4.51. The van der Waals surface area contributed by atoms with Gasteiger partial charge in [0.1, 0.15) is 5.82 Å². The summed E-state index contributed by atoms with van der Waals surface area (Å²) in [5.41, 5.74) is 0.921. The van der Waals surface area contributed by atoms with Crippen LogP contribution in [0.2, 0.25) is 0 Å². The minimum Gasteiger partial charge on any atom is -0.453 e. The third-order valence-electron chi connectivity index (χ3n) is 4.42. The van der Waals surface area contributed by atoms with Gasteiger partial charge in [-0.15, -0.1) is 0 Å². The van der Waals surface area contributed by atoms with Gasteiger partial charge in [-0.2, -0.15) is 0 Å². The normalized spacial score (nSPS) is 11.7. The monoisotopic (exact) mass is 393 g/mol. The Labute approximate surface area is 167 Å². The summed E-state index contributed by atoms with van der Waals surface area (Å²) in [6.07, 6.45) is -1.25. The van der Waals surface area contributed by atoms with Crippen molar-refractivity contribution in [3.8, 4) is 0 Å². The van der Waals surface area contributed by atoms with E-state index in [1.165, 1.54) is 31.2 Å². The Bertz CT molecular complexity index is 1050. The number of ketones is 1. The highest BCUT2D eigenvalue weighted by Gasteiger charge is 2.19. The zero-order chi connectivity index (χ0) is 20.8. The van der Waals surface area contributed by atoms with Gasteiger partial charge < -0.3 is 10.1 Å². The van der Waals surface area contributed by atoms with Crippen molar-refractivity contribution in [2.24, 2.45) is 0 Å². The van der Waals surface area contributed by atoms with Gasteiger partial charge in [0, 0.05) is 17.7 Å². The summed E-state index contributed by atoms with van der Waals surface area (Å²) >= 11 is 0. The smallest absolute Gasteiger partial charge is 0.307 e. The number of hydrogen-bond acceptors (Lipinski definition) is 4. The van der Waals surface area contributed by atoms with Crippen LogP contribution in [0.5, 0.6) is 0 Å². The van der Waals surface area contributed by atoms with E-state index in [0.717, 1.165) is 10.8 Å². The molecule has 0 aliphatic rings. The van der Waals surface area contributed by atoms with E-state index in [1.807, 2.05) is 36.4 Å². The Balaban J connectivity index is 1.49. The standard InChI is InChI=1S/C23H20FNO4/c1-15(23(28)25-20-11-8-16-4-2-3-5-18(16)14-20)29-22(27)13-12-21(26)17-6-9-19(24)10-7-17/h2-11,14-15H,12-13H2,1H3,(H,25,28). The molecule has 5 nitrogen and oxygen atoms in total. The van der Waals surface area contributed by atoms with Crippen molar-refractivity contribution in [1.29, 1.82) is 0 Å². The number of Topliss-reactive ketones (excluding diaryl/α,β-unsaturated/α-hetero) is 1. The van der Waals surface area contributed by atoms with Crippen LogP contribution in [0, 0.1) is 5.82 Å². The topological polar surface area (TPSA) is 72.5 Å². The lowest BCUT2D eigenvalue weighted by Gasteiger charge is -2.14. The van der Waals surface area contributed by atoms with Crippen LogP contribution < -0.4 is 5.32 Å². The number of rotatable bonds is 7. The van der Waals surface area contributed by atoms with E-state index in [-0.39, 0.29) is 18.6 Å². The van der Waals surface area contributed by atoms with Gasteiger partial charge in [0.25, 0.3) is 5.91 Å². The minimum absolute atomic E-state index is 0.0799. The molecule has 6 heteroatoms. The SMILES string of the molecule is CC(OC(=O)CCC(=O)c1ccc(F)cc1)C(=O)Nc1ccc2ccccc2c1. The van der Waals surface area contributed by atoms with Crippen LogP contribution in [0.1, 0.15) is 30.1 Å². The van der Waals surface area contributed by atoms with Gasteiger partial charge in [0.05, 0.1) is 6.42 Å². The second kappa shape index (κ2) is 9.10. The summed E-state index contributed by atoms with van der Waals surface area (Å²) in [6, 6.07) is 18.3. The predicted molar refractivity (Wildman–Crippen MR) is 108 cm³/mol. The summed E-state index contributed by atoms with van der Waals surface area (Å²) in [6.45, 7) is 1.47. The third-order valence-corrected chi connectivity index (χ3v) is 4.42. The molecule has 0 heterocycles. The maximum Gasteiger partial charge on any atom is 0.307 e. The lowest BCUT2D eigenvalue weighted by Crippen LogP contribution is -2.30. The molecule has 0 fully saturated rings. The molecule has 0 aliphatic heterocycles. The second-order valence-electron chi connectivity index (χ2n) is 6.61. The van der Waals surface area contributed by atoms with Crippen molar-refractivity contribution in [3.05, 3.63) is 78.1 Å². The van der Waals surface area contributed by atoms with Gasteiger partial charge in [-0.3, -0.25) is 14.4 Å². The Morgan fingerprint density at radius 2 is 1.62 bits per heavy atom. The number of carbonyl (C=O) groups excluding carboxylic acids is 3. The lowest BCUT2D eigenvalue weighted by molar-refractivity contribution is -0.153. The fourth-order valence-electron chi connectivity index (χ4n) is 2.82. The molecule has 0 bridgehead atoms. The number of anilines is 1. The highest BCUT2D eigenvalue weighted by Crippen LogP contribution is 2.19. The number of nitrogens with one attached hydrogen (secondary N) is 1. The van der Waals surface area contributed by atoms with Gasteiger partial charge in [0.15, 0.2) is 11.9 Å². The number of carbonyl (C=O) groups is 3. The van der Waals surface area contributed by atoms with E-state index in [0.29, 0.717) is 11.3 Å². The molecule has 3 aromatic rings. The minimum atomic E-state index is -1.00. The molecule has 1 amide bonds. The molecular weight excluding hydrogens is 373 g/mol. The summed E-state index contributed by atoms with van der Waals surface area (Å²) in [5, 5.41) is 4.75. The van der Waals surface area contributed by atoms with Crippen LogP contribution in [-0.2, 0) is 14.3 Å². The second-order valence-corrected chi connectivity index (χ2v) is 6.61. The van der Waals surface area contributed by atoms with Crippen molar-refractivity contribution in [2.45, 2.75) is 25.9 Å². The number of esters is 1. The molecule has 29 heavy (non-hydrogen) atoms. The van der Waals surface area contributed by atoms with Gasteiger partial charge in [0.2, 0.25) is 0 Å². The molecule has 0 aromatic heterocycles. The van der Waals surface area contributed by atoms with Crippen molar-refractivity contribution in [3.63, 3.8) is 0 Å². The summed E-state index contributed by atoms with van der Waals surface area (Å²) < 4.78 is 18.0. The van der Waals surface area contributed by atoms with Crippen LogP contribution in [0.4, 0.5) is 10.1 Å². The lowest BCUT2D eigenvalue weighted by atomic mass is 10.1. The molecule has 0 saturated carbocycles. The van der Waals surface area contributed by atoms with E-state index in [1.54, 1.807) is 6.07 Å². The average Bonchev–Trinajstić information content (AvgIpc) is 2.72. The van der Waals surface area contributed by atoms with Crippen molar-refractivity contribution in [2.75, 3.05) is 5.32 Å². The molecule has 0 saturated heterocycles. The highest BCUT2D eigenvalue weighted by atomic mass is 19.1. The molecule has 3 rings (SSSR count). The summed E-state index contributed by atoms with van der Waals surface area (Å²) in [4.78, 5) is 36.3. The Morgan fingerprint density at radius 3 is 2.34 bits per heavy atom. The van der Waals surface area contributed by atoms with E-state index < -0.39 is 23.8 Å². The summed E-state index contributed by atoms with van der Waals surface area (Å²) in [5.74, 6) is -1.84. The molecule has 1 unspecified atom stereocenters. The highest BCUT2D eigenvalue weighted by molar-refractivity contribution is 5.99. The zero-order valence-corrected chi connectivity index (χ0v) is 15.9. The fraction of sp³-hybridized carbons (Fsp3) is 0.174. The van der Waals surface area contributed by atoms with Gasteiger partial charge in [-0.25, -0.2) is 4.39 Å². The van der Waals surface area contributed by atoms with Crippen LogP contribution >= 0.6 is 0 Å². The Hall–Kier alpha value is -3.54. The van der Waals surface area contributed by atoms with Crippen LogP contribution in [0.15, 0.2) is 66.7 Å². The summed E-state index contributed by atoms with van der Waals surface area (Å²) in [7, 11) is 0. The van der Waals surface area contributed by atoms with E-state index in [9.17, 15) is 18.8 Å². The molecule has 3 aromatic carbocycles. The molecule has 1 N–H and O–H groups in total. The van der Waals surface area contributed by atoms with Crippen LogP contribution in [0.3, 0.4) is 0 Å². The van der Waals surface area contributed by atoms with Crippen molar-refractivity contribution < 1.29 is 23.5 Å². The molecule has 148 valence electrons. The molecule has 0 aliphatic carbocycles. The number of ether oxygens (including phenoxy) is 1. The maximum absolute atomic E-state index is 12.9. The van der Waals surface area contributed by atoms with E-state index >= 15 is 0 Å². The van der Waals surface area contributed by atoms with E-state index in [2.05, 4.69) is 5.32 Å². The Kier molecular flexibility index (Phi) is 6.34. The molecule has 0 spiro atoms. The molecule has 0 radical (unpaired) electrons. The fourth-order valence-corrected chi connectivity index (χ4v) is 2.82. The first-order valence-electron chi connectivity index (χ1n) is 9.20. The number of amides is 1. The largest absolute Gasteiger partial charge is 0.453 e. The van der Waals surface area contributed by atoms with Gasteiger partial charge >= 0.3 is 5.97 Å². The Morgan fingerprint density at radius 1 is 0.931 bits per heavy atom. The average molecular weight is 393 g/mol. The van der Waals surface area contributed by atoms with Crippen molar-refractivity contribution in [1.82, 2.24) is 0 Å². The van der Waals surface area contributed by atoms with Crippen LogP contribution in [-0.4, -0.2) is 23.8 Å². The maximum atomic E-state index is 12.9. The number of fused-ring (bicyclic) bond motifs is 1. The third kappa shape index (κ3) is 5.48. The van der Waals surface area contributed by atoms with Crippen LogP contribution in [0.25, 0.3) is 10.8 Å². The molecule has 1 atom stereocenters. The van der Waals surface area contributed by atoms with Gasteiger partial charge in [-0.1, -0.05) is 30.3 Å². The van der Waals surface area contributed by atoms with Gasteiger partial charge in [-0.05, 0) is 54.1 Å². The van der Waals surface area contributed by atoms with Crippen molar-refractivity contribution >= 4 is 34.1 Å². The first-order chi connectivity index (χ1) is 13.9. The number of hydrogen-bond donors (Lipinski definition) is 1. The first kappa shape index (κ1) is 20.2. The van der Waals surface area contributed by atoms with E-state index in [4.69, 9.17) is 4.74 Å². The number of halogens is 1. The quantitative estimate of drug-likeness (QED) is 0.473. The molecular formula is C23H20FNO4. The first-order valence-corrected chi connectivity index (χ1v) is 9.20.